The maximum atomic E-state index is 11.4. The highest BCUT2D eigenvalue weighted by atomic mass is 32.2. The fraction of sp³-hybridized carbons (Fsp3) is 0.471. The van der Waals surface area contributed by atoms with Gasteiger partial charge >= 0.3 is 0 Å². The highest BCUT2D eigenvalue weighted by Crippen LogP contribution is 2.38. The minimum Gasteiger partial charge on any atom is -0.493 e. The van der Waals surface area contributed by atoms with Crippen molar-refractivity contribution in [1.82, 2.24) is 10.9 Å². The van der Waals surface area contributed by atoms with E-state index < -0.39 is 0 Å². The summed E-state index contributed by atoms with van der Waals surface area (Å²) in [6, 6.07) is 4.17. The molecule has 0 radical (unpaired) electrons. The molecule has 0 aliphatic carbocycles. The molecule has 2 N–H and O–H groups in total. The van der Waals surface area contributed by atoms with Gasteiger partial charge in [0.2, 0.25) is 5.91 Å². The van der Waals surface area contributed by atoms with Crippen LogP contribution in [0.5, 0.6) is 11.5 Å². The normalized spacial score (nSPS) is 21.8. The first kappa shape index (κ1) is 17.7. The Labute approximate surface area is 141 Å². The minimum absolute atomic E-state index is 0.0392. The molecule has 1 aliphatic heterocycles. The molecule has 2 unspecified atom stereocenters. The molecule has 1 saturated heterocycles. The minimum atomic E-state index is 0.0392. The Bertz CT molecular complexity index is 591. The monoisotopic (exact) mass is 336 g/mol. The summed E-state index contributed by atoms with van der Waals surface area (Å²) < 4.78 is 10.9. The van der Waals surface area contributed by atoms with Crippen LogP contribution in [0.1, 0.15) is 25.8 Å². The summed E-state index contributed by atoms with van der Waals surface area (Å²) in [6.07, 6.45) is 4.66. The van der Waals surface area contributed by atoms with E-state index in [1.165, 1.54) is 0 Å². The number of amides is 1. The zero-order chi connectivity index (χ0) is 17.0. The number of nitrogens with one attached hydrogen (secondary N) is 2. The molecule has 2 atom stereocenters. The first-order valence-electron chi connectivity index (χ1n) is 7.52. The summed E-state index contributed by atoms with van der Waals surface area (Å²) in [4.78, 5) is 12.4. The fourth-order valence-electron chi connectivity index (χ4n) is 2.86. The van der Waals surface area contributed by atoms with E-state index in [4.69, 9.17) is 9.47 Å². The van der Waals surface area contributed by atoms with Crippen LogP contribution in [-0.2, 0) is 4.79 Å². The number of rotatable bonds is 5. The van der Waals surface area contributed by atoms with E-state index in [2.05, 4.69) is 36.8 Å². The SMILES string of the molecule is COc1cc(/C=C(\C)C2NNC(=O)CC2C)cc(SC)c1OC. The Morgan fingerprint density at radius 1 is 1.35 bits per heavy atom. The average Bonchev–Trinajstić information content (AvgIpc) is 2.53. The summed E-state index contributed by atoms with van der Waals surface area (Å²) in [5, 5.41) is 0. The number of thioether (sulfide) groups is 1. The molecule has 1 amide bonds. The number of carbonyl (C=O) groups is 1. The molecule has 2 rings (SSSR count). The van der Waals surface area contributed by atoms with Gasteiger partial charge in [0, 0.05) is 6.42 Å². The second-order valence-electron chi connectivity index (χ2n) is 5.70. The summed E-state index contributed by atoms with van der Waals surface area (Å²) >= 11 is 1.62. The van der Waals surface area contributed by atoms with Crippen molar-refractivity contribution in [2.75, 3.05) is 20.5 Å². The van der Waals surface area contributed by atoms with Gasteiger partial charge in [0.1, 0.15) is 0 Å². The third-order valence-corrected chi connectivity index (χ3v) is 4.76. The molecule has 1 aromatic rings. The van der Waals surface area contributed by atoms with Crippen LogP contribution in [0.4, 0.5) is 0 Å². The quantitative estimate of drug-likeness (QED) is 0.810. The van der Waals surface area contributed by atoms with Crippen LogP contribution in [0.15, 0.2) is 22.6 Å². The van der Waals surface area contributed by atoms with E-state index in [1.54, 1.807) is 26.0 Å². The molecule has 1 aliphatic rings. The number of methoxy groups -OCH3 is 2. The van der Waals surface area contributed by atoms with E-state index in [0.717, 1.165) is 27.5 Å². The van der Waals surface area contributed by atoms with Crippen LogP contribution in [0, 0.1) is 5.92 Å². The molecule has 23 heavy (non-hydrogen) atoms. The number of hydrogen-bond acceptors (Lipinski definition) is 5. The summed E-state index contributed by atoms with van der Waals surface area (Å²) in [7, 11) is 3.29. The van der Waals surface area contributed by atoms with E-state index in [-0.39, 0.29) is 17.9 Å². The summed E-state index contributed by atoms with van der Waals surface area (Å²) in [6.45, 7) is 4.15. The standard InChI is InChI=1S/C17H24N2O3S/c1-10(16-11(2)7-15(20)18-19-16)6-12-8-13(21-3)17(22-4)14(9-12)23-5/h6,8-9,11,16,19H,7H2,1-5H3,(H,18,20)/b10-6+. The molecule has 1 fully saturated rings. The Balaban J connectivity index is 2.32. The number of carbonyl (C=O) groups excluding carboxylic acids is 1. The molecule has 1 aromatic carbocycles. The van der Waals surface area contributed by atoms with Crippen molar-refractivity contribution in [2.24, 2.45) is 5.92 Å². The zero-order valence-corrected chi connectivity index (χ0v) is 15.0. The maximum absolute atomic E-state index is 11.4. The number of benzene rings is 1. The number of hydrogen-bond donors (Lipinski definition) is 2. The van der Waals surface area contributed by atoms with Gasteiger partial charge in [0.15, 0.2) is 11.5 Å². The Kier molecular flexibility index (Phi) is 5.96. The van der Waals surface area contributed by atoms with Crippen molar-refractivity contribution < 1.29 is 14.3 Å². The molecule has 126 valence electrons. The molecular formula is C17H24N2O3S. The predicted octanol–water partition coefficient (Wildman–Crippen LogP) is 2.86. The Morgan fingerprint density at radius 3 is 2.65 bits per heavy atom. The maximum Gasteiger partial charge on any atom is 0.234 e. The van der Waals surface area contributed by atoms with Gasteiger partial charge in [-0.25, -0.2) is 5.43 Å². The number of hydrazine groups is 1. The van der Waals surface area contributed by atoms with E-state index in [1.807, 2.05) is 12.3 Å². The van der Waals surface area contributed by atoms with Gasteiger partial charge < -0.3 is 9.47 Å². The fourth-order valence-corrected chi connectivity index (χ4v) is 3.49. The Morgan fingerprint density at radius 2 is 2.09 bits per heavy atom. The third-order valence-electron chi connectivity index (χ3n) is 4.02. The van der Waals surface area contributed by atoms with Crippen LogP contribution in [0.2, 0.25) is 0 Å². The molecule has 0 spiro atoms. The smallest absolute Gasteiger partial charge is 0.234 e. The van der Waals surface area contributed by atoms with Gasteiger partial charge in [-0.3, -0.25) is 10.2 Å². The zero-order valence-electron chi connectivity index (χ0n) is 14.2. The van der Waals surface area contributed by atoms with Gasteiger partial charge in [-0.15, -0.1) is 11.8 Å². The van der Waals surface area contributed by atoms with E-state index >= 15 is 0 Å². The highest BCUT2D eigenvalue weighted by molar-refractivity contribution is 7.98. The van der Waals surface area contributed by atoms with Crippen molar-refractivity contribution in [3.8, 4) is 11.5 Å². The largest absolute Gasteiger partial charge is 0.493 e. The van der Waals surface area contributed by atoms with Crippen LogP contribution in [0.25, 0.3) is 6.08 Å². The molecule has 0 saturated carbocycles. The first-order chi connectivity index (χ1) is 11.0. The van der Waals surface area contributed by atoms with Crippen molar-refractivity contribution >= 4 is 23.7 Å². The lowest BCUT2D eigenvalue weighted by atomic mass is 9.90. The third kappa shape index (κ3) is 4.00. The predicted molar refractivity (Wildman–Crippen MR) is 93.8 cm³/mol. The van der Waals surface area contributed by atoms with Gasteiger partial charge in [-0.1, -0.05) is 18.6 Å². The van der Waals surface area contributed by atoms with Crippen LogP contribution in [0.3, 0.4) is 0 Å². The van der Waals surface area contributed by atoms with Crippen LogP contribution < -0.4 is 20.3 Å². The van der Waals surface area contributed by atoms with E-state index in [9.17, 15) is 4.79 Å². The average molecular weight is 336 g/mol. The lowest BCUT2D eigenvalue weighted by molar-refractivity contribution is -0.125. The van der Waals surface area contributed by atoms with Gasteiger partial charge in [0.25, 0.3) is 0 Å². The van der Waals surface area contributed by atoms with Gasteiger partial charge in [0.05, 0.1) is 25.2 Å². The summed E-state index contributed by atoms with van der Waals surface area (Å²) in [5.74, 6) is 1.76. The molecule has 6 heteroatoms. The molecular weight excluding hydrogens is 312 g/mol. The number of ether oxygens (including phenoxy) is 2. The molecule has 0 bridgehead atoms. The van der Waals surface area contributed by atoms with Gasteiger partial charge in [-0.05, 0) is 36.8 Å². The first-order valence-corrected chi connectivity index (χ1v) is 8.75. The van der Waals surface area contributed by atoms with Gasteiger partial charge in [-0.2, -0.15) is 0 Å². The molecule has 5 nitrogen and oxygen atoms in total. The van der Waals surface area contributed by atoms with Crippen molar-refractivity contribution in [3.63, 3.8) is 0 Å². The molecule has 1 heterocycles. The van der Waals surface area contributed by atoms with E-state index in [0.29, 0.717) is 6.42 Å². The van der Waals surface area contributed by atoms with Crippen molar-refractivity contribution in [2.45, 2.75) is 31.2 Å². The Hall–Kier alpha value is -1.66. The topological polar surface area (TPSA) is 59.6 Å². The van der Waals surface area contributed by atoms with Crippen LogP contribution >= 0.6 is 11.8 Å². The molecule has 0 aromatic heterocycles. The van der Waals surface area contributed by atoms with Crippen molar-refractivity contribution in [3.05, 3.63) is 23.3 Å². The summed E-state index contributed by atoms with van der Waals surface area (Å²) in [5.41, 5.74) is 8.02. The van der Waals surface area contributed by atoms with Crippen LogP contribution in [-0.4, -0.2) is 32.4 Å². The second kappa shape index (κ2) is 7.75. The van der Waals surface area contributed by atoms with Crippen molar-refractivity contribution in [1.29, 1.82) is 0 Å². The highest BCUT2D eigenvalue weighted by Gasteiger charge is 2.26. The lowest BCUT2D eigenvalue weighted by Crippen LogP contribution is -2.53. The lowest BCUT2D eigenvalue weighted by Gasteiger charge is -2.30. The second-order valence-corrected chi connectivity index (χ2v) is 6.55.